The molecule has 1 aliphatic heterocycles. The first kappa shape index (κ1) is 18.4. The standard InChI is InChI=1S/C21H21N5O2S/c1-2-5-16-24-19(23-14-9-8-12-6-3-4-7-13(12)14)17-20(25-16)26(11-22-17)21-18(28)15(27)10-29-21/h3-4,6-7,11,14-15,18,21,27-28H,8-10H2,1H3,(H,23,24,25)/t14-,15-,18-,21-/m1/s1. The average Bonchev–Trinajstić information content (AvgIpc) is 3.41. The average molecular weight is 407 g/mol. The van der Waals surface area contributed by atoms with Crippen LogP contribution in [-0.2, 0) is 6.42 Å². The molecule has 3 heterocycles. The van der Waals surface area contributed by atoms with Gasteiger partial charge in [-0.1, -0.05) is 30.2 Å². The molecule has 0 unspecified atom stereocenters. The minimum atomic E-state index is -0.869. The number of hydrogen-bond acceptors (Lipinski definition) is 7. The van der Waals surface area contributed by atoms with E-state index in [2.05, 4.69) is 56.4 Å². The predicted molar refractivity (Wildman–Crippen MR) is 113 cm³/mol. The molecule has 2 aromatic heterocycles. The summed E-state index contributed by atoms with van der Waals surface area (Å²) in [7, 11) is 0. The number of benzene rings is 1. The van der Waals surface area contributed by atoms with Gasteiger partial charge < -0.3 is 15.5 Å². The fourth-order valence-corrected chi connectivity index (χ4v) is 5.36. The molecule has 29 heavy (non-hydrogen) atoms. The zero-order valence-corrected chi connectivity index (χ0v) is 16.7. The van der Waals surface area contributed by atoms with Crippen molar-refractivity contribution in [2.45, 2.75) is 43.4 Å². The molecule has 5 rings (SSSR count). The Morgan fingerprint density at radius 3 is 2.90 bits per heavy atom. The minimum Gasteiger partial charge on any atom is -0.389 e. The van der Waals surface area contributed by atoms with E-state index in [1.165, 1.54) is 22.9 Å². The smallest absolute Gasteiger partial charge is 0.208 e. The zero-order chi connectivity index (χ0) is 20.0. The molecule has 0 radical (unpaired) electrons. The van der Waals surface area contributed by atoms with Crippen molar-refractivity contribution in [2.24, 2.45) is 0 Å². The summed E-state index contributed by atoms with van der Waals surface area (Å²) in [4.78, 5) is 13.7. The highest BCUT2D eigenvalue weighted by atomic mass is 32.2. The first-order chi connectivity index (χ1) is 14.2. The molecular formula is C21H21N5O2S. The molecule has 3 aromatic rings. The van der Waals surface area contributed by atoms with Gasteiger partial charge >= 0.3 is 0 Å². The van der Waals surface area contributed by atoms with Crippen LogP contribution in [0, 0.1) is 11.8 Å². The number of rotatable bonds is 3. The molecule has 0 bridgehead atoms. The molecule has 1 aromatic carbocycles. The number of aromatic nitrogens is 4. The van der Waals surface area contributed by atoms with Gasteiger partial charge in [0, 0.05) is 5.75 Å². The van der Waals surface area contributed by atoms with Crippen molar-refractivity contribution in [3.05, 3.63) is 47.5 Å². The van der Waals surface area contributed by atoms with Crippen LogP contribution in [0.1, 0.15) is 41.7 Å². The van der Waals surface area contributed by atoms with E-state index in [0.29, 0.717) is 28.6 Å². The molecule has 1 aliphatic carbocycles. The first-order valence-corrected chi connectivity index (χ1v) is 10.7. The fourth-order valence-electron chi connectivity index (χ4n) is 4.07. The van der Waals surface area contributed by atoms with E-state index in [1.54, 1.807) is 13.3 Å². The van der Waals surface area contributed by atoms with E-state index < -0.39 is 12.2 Å². The summed E-state index contributed by atoms with van der Waals surface area (Å²) in [6, 6.07) is 8.60. The lowest BCUT2D eigenvalue weighted by Crippen LogP contribution is -2.27. The number of anilines is 1. The molecule has 4 atom stereocenters. The lowest BCUT2D eigenvalue weighted by molar-refractivity contribution is 0.0313. The molecule has 8 heteroatoms. The third-order valence-electron chi connectivity index (χ3n) is 5.50. The van der Waals surface area contributed by atoms with Crippen molar-refractivity contribution >= 4 is 28.7 Å². The lowest BCUT2D eigenvalue weighted by atomic mass is 10.1. The Labute approximate surface area is 172 Å². The topological polar surface area (TPSA) is 96.1 Å². The molecule has 1 fully saturated rings. The van der Waals surface area contributed by atoms with Gasteiger partial charge in [-0.25, -0.2) is 15.0 Å². The molecule has 3 N–H and O–H groups in total. The molecule has 0 spiro atoms. The first-order valence-electron chi connectivity index (χ1n) is 9.65. The van der Waals surface area contributed by atoms with E-state index in [1.807, 2.05) is 4.57 Å². The highest BCUT2D eigenvalue weighted by Crippen LogP contribution is 2.39. The number of thioether (sulfide) groups is 1. The van der Waals surface area contributed by atoms with Crippen LogP contribution in [0.3, 0.4) is 0 Å². The summed E-state index contributed by atoms with van der Waals surface area (Å²) in [6.07, 6.45) is 2.05. The highest BCUT2D eigenvalue weighted by Gasteiger charge is 2.36. The minimum absolute atomic E-state index is 0.158. The molecule has 2 aliphatic rings. The Hall–Kier alpha value is -2.60. The van der Waals surface area contributed by atoms with E-state index in [-0.39, 0.29) is 11.4 Å². The summed E-state index contributed by atoms with van der Waals surface area (Å²) in [6.45, 7) is 1.75. The van der Waals surface area contributed by atoms with Gasteiger partial charge in [-0.05, 0) is 36.8 Å². The van der Waals surface area contributed by atoms with Gasteiger partial charge in [0.15, 0.2) is 17.0 Å². The Kier molecular flexibility index (Phi) is 4.66. The number of aliphatic hydroxyl groups excluding tert-OH is 2. The monoisotopic (exact) mass is 407 g/mol. The van der Waals surface area contributed by atoms with Gasteiger partial charge in [0.25, 0.3) is 0 Å². The number of nitrogens with one attached hydrogen (secondary N) is 1. The number of imidazole rings is 1. The van der Waals surface area contributed by atoms with Crippen LogP contribution in [0.15, 0.2) is 30.6 Å². The van der Waals surface area contributed by atoms with Crippen molar-refractivity contribution in [1.82, 2.24) is 19.5 Å². The maximum atomic E-state index is 10.4. The van der Waals surface area contributed by atoms with Crippen molar-refractivity contribution in [1.29, 1.82) is 0 Å². The van der Waals surface area contributed by atoms with Crippen molar-refractivity contribution in [3.8, 4) is 11.8 Å². The van der Waals surface area contributed by atoms with Crippen LogP contribution in [0.2, 0.25) is 0 Å². The number of aliphatic hydroxyl groups is 2. The number of nitrogens with zero attached hydrogens (tertiary/aromatic N) is 4. The van der Waals surface area contributed by atoms with Crippen LogP contribution in [0.25, 0.3) is 11.2 Å². The van der Waals surface area contributed by atoms with E-state index >= 15 is 0 Å². The molecule has 7 nitrogen and oxygen atoms in total. The molecule has 148 valence electrons. The molecule has 1 saturated heterocycles. The van der Waals surface area contributed by atoms with Crippen molar-refractivity contribution < 1.29 is 10.2 Å². The van der Waals surface area contributed by atoms with Crippen LogP contribution in [0.4, 0.5) is 5.82 Å². The third-order valence-corrected chi connectivity index (χ3v) is 6.88. The summed E-state index contributed by atoms with van der Waals surface area (Å²) in [5.74, 6) is 7.32. The van der Waals surface area contributed by atoms with Gasteiger partial charge in [0.05, 0.1) is 18.5 Å². The number of aryl methyl sites for hydroxylation is 1. The Morgan fingerprint density at radius 2 is 2.10 bits per heavy atom. The van der Waals surface area contributed by atoms with Gasteiger partial charge in [-0.3, -0.25) is 4.57 Å². The summed E-state index contributed by atoms with van der Waals surface area (Å²) < 4.78 is 1.82. The second kappa shape index (κ2) is 7.34. The van der Waals surface area contributed by atoms with Gasteiger partial charge in [0.1, 0.15) is 11.5 Å². The summed E-state index contributed by atoms with van der Waals surface area (Å²) in [5.41, 5.74) is 3.89. The van der Waals surface area contributed by atoms with Gasteiger partial charge in [-0.2, -0.15) is 0 Å². The van der Waals surface area contributed by atoms with Crippen LogP contribution in [0.5, 0.6) is 0 Å². The van der Waals surface area contributed by atoms with Crippen molar-refractivity contribution in [2.75, 3.05) is 11.1 Å². The summed E-state index contributed by atoms with van der Waals surface area (Å²) >= 11 is 1.49. The second-order valence-electron chi connectivity index (χ2n) is 7.31. The quantitative estimate of drug-likeness (QED) is 0.573. The Balaban J connectivity index is 1.57. The van der Waals surface area contributed by atoms with E-state index in [9.17, 15) is 10.2 Å². The fraction of sp³-hybridized carbons (Fsp3) is 0.381. The Morgan fingerprint density at radius 1 is 1.24 bits per heavy atom. The zero-order valence-electron chi connectivity index (χ0n) is 15.9. The SMILES string of the molecule is CC#Cc1nc(N[C@@H]2CCc3ccccc32)c2ncn([C@@H]3SC[C@@H](O)[C@H]3O)c2n1. The molecular weight excluding hydrogens is 386 g/mol. The lowest BCUT2D eigenvalue weighted by Gasteiger charge is -2.18. The van der Waals surface area contributed by atoms with E-state index in [4.69, 9.17) is 0 Å². The third kappa shape index (κ3) is 3.15. The van der Waals surface area contributed by atoms with Crippen LogP contribution >= 0.6 is 11.8 Å². The predicted octanol–water partition coefficient (Wildman–Crippen LogP) is 2.26. The van der Waals surface area contributed by atoms with Crippen molar-refractivity contribution in [3.63, 3.8) is 0 Å². The number of hydrogen-bond donors (Lipinski definition) is 3. The van der Waals surface area contributed by atoms with E-state index in [0.717, 1.165) is 12.8 Å². The molecule has 0 saturated carbocycles. The maximum absolute atomic E-state index is 10.4. The Bertz CT molecular complexity index is 1140. The molecule has 0 amide bonds. The van der Waals surface area contributed by atoms with Gasteiger partial charge in [-0.15, -0.1) is 11.8 Å². The summed E-state index contributed by atoms with van der Waals surface area (Å²) in [5, 5.41) is 23.5. The highest BCUT2D eigenvalue weighted by molar-refractivity contribution is 7.99. The van der Waals surface area contributed by atoms with Gasteiger partial charge in [0.2, 0.25) is 5.82 Å². The van der Waals surface area contributed by atoms with Crippen LogP contribution < -0.4 is 5.32 Å². The maximum Gasteiger partial charge on any atom is 0.208 e. The normalized spacial score (nSPS) is 25.6. The second-order valence-corrected chi connectivity index (χ2v) is 8.46. The number of fused-ring (bicyclic) bond motifs is 2. The van der Waals surface area contributed by atoms with Crippen LogP contribution in [-0.4, -0.2) is 47.7 Å². The largest absolute Gasteiger partial charge is 0.389 e.